The Morgan fingerprint density at radius 2 is 2.04 bits per heavy atom. The molecule has 1 aromatic carbocycles. The quantitative estimate of drug-likeness (QED) is 0.618. The number of rotatable bonds is 7. The topological polar surface area (TPSA) is 78.1 Å². The van der Waals surface area contributed by atoms with Gasteiger partial charge in [-0.3, -0.25) is 4.79 Å². The van der Waals surface area contributed by atoms with Gasteiger partial charge in [0.1, 0.15) is 10.8 Å². The Morgan fingerprint density at radius 3 is 2.72 bits per heavy atom. The third-order valence-electron chi connectivity index (χ3n) is 3.44. The summed E-state index contributed by atoms with van der Waals surface area (Å²) >= 11 is 4.78. The standard InChI is InChI=1S/C17H17N3O2S3/c1-10-14(7-15(18)21)25-17(19-10)24-9-12-8-23-16(20-12)11-3-5-13(22-2)6-4-11/h3-6,8H,7,9H2,1-2H3,(H2,18,21). The molecule has 0 radical (unpaired) electrons. The van der Waals surface area contributed by atoms with Crippen LogP contribution < -0.4 is 10.5 Å². The van der Waals surface area contributed by atoms with E-state index in [1.807, 2.05) is 31.2 Å². The summed E-state index contributed by atoms with van der Waals surface area (Å²) in [6, 6.07) is 7.89. The number of hydrogen-bond acceptors (Lipinski definition) is 7. The smallest absolute Gasteiger partial charge is 0.222 e. The molecule has 0 unspecified atom stereocenters. The second-order valence-corrected chi connectivity index (χ2v) is 8.46. The Kier molecular flexibility index (Phi) is 5.72. The minimum atomic E-state index is -0.327. The maximum atomic E-state index is 11.1. The Bertz CT molecular complexity index is 872. The molecule has 1 amide bonds. The number of thiazole rings is 2. The number of methoxy groups -OCH3 is 1. The zero-order valence-corrected chi connectivity index (χ0v) is 16.3. The summed E-state index contributed by atoms with van der Waals surface area (Å²) < 4.78 is 6.12. The van der Waals surface area contributed by atoms with E-state index in [1.165, 1.54) is 11.3 Å². The molecule has 3 rings (SSSR count). The molecule has 0 saturated carbocycles. The fourth-order valence-electron chi connectivity index (χ4n) is 2.16. The molecule has 0 aliphatic rings. The van der Waals surface area contributed by atoms with E-state index in [-0.39, 0.29) is 12.3 Å². The van der Waals surface area contributed by atoms with Crippen molar-refractivity contribution in [2.75, 3.05) is 7.11 Å². The van der Waals surface area contributed by atoms with E-state index in [4.69, 9.17) is 10.5 Å². The van der Waals surface area contributed by atoms with Crippen LogP contribution >= 0.6 is 34.4 Å². The van der Waals surface area contributed by atoms with Gasteiger partial charge in [-0.2, -0.15) is 0 Å². The normalized spacial score (nSPS) is 10.8. The summed E-state index contributed by atoms with van der Waals surface area (Å²) in [4.78, 5) is 21.2. The van der Waals surface area contributed by atoms with Crippen LogP contribution in [0.4, 0.5) is 0 Å². The van der Waals surface area contributed by atoms with Crippen LogP contribution in [-0.2, 0) is 17.0 Å². The van der Waals surface area contributed by atoms with E-state index < -0.39 is 0 Å². The van der Waals surface area contributed by atoms with Gasteiger partial charge in [0.25, 0.3) is 0 Å². The SMILES string of the molecule is COc1ccc(-c2nc(CSc3nc(C)c(CC(N)=O)s3)cs2)cc1. The molecule has 2 heterocycles. The lowest BCUT2D eigenvalue weighted by atomic mass is 10.2. The van der Waals surface area contributed by atoms with Crippen molar-refractivity contribution in [2.24, 2.45) is 5.73 Å². The fourth-order valence-corrected chi connectivity index (χ4v) is 5.23. The highest BCUT2D eigenvalue weighted by Gasteiger charge is 2.12. The number of benzene rings is 1. The number of primary amides is 1. The number of amides is 1. The highest BCUT2D eigenvalue weighted by Crippen LogP contribution is 2.32. The zero-order chi connectivity index (χ0) is 17.8. The van der Waals surface area contributed by atoms with Crippen LogP contribution in [0.1, 0.15) is 16.3 Å². The van der Waals surface area contributed by atoms with Crippen LogP contribution in [0.3, 0.4) is 0 Å². The van der Waals surface area contributed by atoms with Gasteiger partial charge in [0.05, 0.1) is 24.9 Å². The molecule has 25 heavy (non-hydrogen) atoms. The van der Waals surface area contributed by atoms with Crippen molar-refractivity contribution in [3.05, 3.63) is 45.9 Å². The van der Waals surface area contributed by atoms with E-state index in [9.17, 15) is 4.79 Å². The minimum Gasteiger partial charge on any atom is -0.497 e. The minimum absolute atomic E-state index is 0.252. The average molecular weight is 392 g/mol. The number of carbonyl (C=O) groups excluding carboxylic acids is 1. The molecule has 0 aliphatic heterocycles. The monoisotopic (exact) mass is 391 g/mol. The summed E-state index contributed by atoms with van der Waals surface area (Å²) in [7, 11) is 1.66. The van der Waals surface area contributed by atoms with Gasteiger partial charge in [-0.15, -0.1) is 22.7 Å². The lowest BCUT2D eigenvalue weighted by Gasteiger charge is -2.00. The Balaban J connectivity index is 1.64. The van der Waals surface area contributed by atoms with Crippen molar-refractivity contribution in [2.45, 2.75) is 23.4 Å². The third-order valence-corrected chi connectivity index (χ3v) is 6.71. The van der Waals surface area contributed by atoms with Gasteiger partial charge < -0.3 is 10.5 Å². The number of aryl methyl sites for hydroxylation is 1. The Morgan fingerprint density at radius 1 is 1.28 bits per heavy atom. The molecule has 5 nitrogen and oxygen atoms in total. The molecule has 2 N–H and O–H groups in total. The zero-order valence-electron chi connectivity index (χ0n) is 13.8. The van der Waals surface area contributed by atoms with Gasteiger partial charge >= 0.3 is 0 Å². The molecule has 2 aromatic heterocycles. The molecule has 0 saturated heterocycles. The third kappa shape index (κ3) is 4.59. The summed E-state index contributed by atoms with van der Waals surface area (Å²) in [5.74, 6) is 1.25. The Labute approximate surface area is 158 Å². The van der Waals surface area contributed by atoms with Crippen molar-refractivity contribution in [1.29, 1.82) is 0 Å². The van der Waals surface area contributed by atoms with Gasteiger partial charge in [-0.25, -0.2) is 9.97 Å². The summed E-state index contributed by atoms with van der Waals surface area (Å²) in [6.07, 6.45) is 0.252. The number of carbonyl (C=O) groups is 1. The van der Waals surface area contributed by atoms with E-state index >= 15 is 0 Å². The second kappa shape index (κ2) is 7.99. The first-order valence-electron chi connectivity index (χ1n) is 7.51. The molecular weight excluding hydrogens is 374 g/mol. The van der Waals surface area contributed by atoms with E-state index in [2.05, 4.69) is 15.3 Å². The highest BCUT2D eigenvalue weighted by atomic mass is 32.2. The summed E-state index contributed by atoms with van der Waals surface area (Å²) in [5.41, 5.74) is 8.24. The Hall–Kier alpha value is -1.90. The van der Waals surface area contributed by atoms with Crippen LogP contribution in [0, 0.1) is 6.92 Å². The van der Waals surface area contributed by atoms with Gasteiger partial charge in [-0.05, 0) is 31.2 Å². The second-order valence-electron chi connectivity index (χ2n) is 5.29. The van der Waals surface area contributed by atoms with E-state index in [1.54, 1.807) is 30.2 Å². The molecule has 8 heteroatoms. The molecule has 0 atom stereocenters. The lowest BCUT2D eigenvalue weighted by molar-refractivity contribution is -0.117. The van der Waals surface area contributed by atoms with Gasteiger partial charge in [-0.1, -0.05) is 11.8 Å². The summed E-state index contributed by atoms with van der Waals surface area (Å²) in [5, 5.41) is 3.06. The van der Waals surface area contributed by atoms with Crippen LogP contribution in [-0.4, -0.2) is 23.0 Å². The molecule has 0 fully saturated rings. The summed E-state index contributed by atoms with van der Waals surface area (Å²) in [6.45, 7) is 1.91. The number of hydrogen-bond donors (Lipinski definition) is 1. The first-order chi connectivity index (χ1) is 12.0. The fraction of sp³-hybridized carbons (Fsp3) is 0.235. The van der Waals surface area contributed by atoms with E-state index in [0.717, 1.165) is 42.7 Å². The molecule has 0 spiro atoms. The van der Waals surface area contributed by atoms with Crippen LogP contribution in [0.5, 0.6) is 5.75 Å². The number of nitrogens with zero attached hydrogens (tertiary/aromatic N) is 2. The van der Waals surface area contributed by atoms with Crippen molar-refractivity contribution < 1.29 is 9.53 Å². The highest BCUT2D eigenvalue weighted by molar-refractivity contribution is 8.00. The number of nitrogens with two attached hydrogens (primary N) is 1. The average Bonchev–Trinajstić information content (AvgIpc) is 3.20. The van der Waals surface area contributed by atoms with Gasteiger partial charge in [0.15, 0.2) is 4.34 Å². The first kappa shape index (κ1) is 17.9. The van der Waals surface area contributed by atoms with Crippen molar-refractivity contribution in [3.63, 3.8) is 0 Å². The van der Waals surface area contributed by atoms with Crippen LogP contribution in [0.25, 0.3) is 10.6 Å². The van der Waals surface area contributed by atoms with Gasteiger partial charge in [0, 0.05) is 21.6 Å². The number of thioether (sulfide) groups is 1. The van der Waals surface area contributed by atoms with E-state index in [0.29, 0.717) is 0 Å². The maximum absolute atomic E-state index is 11.1. The molecule has 0 bridgehead atoms. The lowest BCUT2D eigenvalue weighted by Crippen LogP contribution is -2.13. The van der Waals surface area contributed by atoms with Crippen molar-refractivity contribution >= 4 is 40.3 Å². The van der Waals surface area contributed by atoms with Crippen LogP contribution in [0.2, 0.25) is 0 Å². The van der Waals surface area contributed by atoms with Crippen molar-refractivity contribution in [3.8, 4) is 16.3 Å². The molecule has 0 aliphatic carbocycles. The molecular formula is C17H17N3O2S3. The van der Waals surface area contributed by atoms with Gasteiger partial charge in [0.2, 0.25) is 5.91 Å². The van der Waals surface area contributed by atoms with Crippen molar-refractivity contribution in [1.82, 2.24) is 9.97 Å². The first-order valence-corrected chi connectivity index (χ1v) is 10.2. The molecule has 3 aromatic rings. The molecule has 130 valence electrons. The predicted molar refractivity (Wildman–Crippen MR) is 103 cm³/mol. The van der Waals surface area contributed by atoms with Crippen LogP contribution in [0.15, 0.2) is 34.0 Å². The largest absolute Gasteiger partial charge is 0.497 e. The maximum Gasteiger partial charge on any atom is 0.222 e. The number of ether oxygens (including phenoxy) is 1. The number of aromatic nitrogens is 2. The predicted octanol–water partition coefficient (Wildman–Crippen LogP) is 3.90.